The number of nitrogens with zero attached hydrogens (tertiary/aromatic N) is 3. The Balaban J connectivity index is 2.56. The van der Waals surface area contributed by atoms with Crippen molar-refractivity contribution in [3.05, 3.63) is 22.5 Å². The number of rotatable bonds is 2. The highest BCUT2D eigenvalue weighted by Crippen LogP contribution is 2.35. The summed E-state index contributed by atoms with van der Waals surface area (Å²) < 4.78 is 6.56. The van der Waals surface area contributed by atoms with Gasteiger partial charge in [-0.3, -0.25) is 4.68 Å². The molecule has 0 bridgehead atoms. The molecule has 5 nitrogen and oxygen atoms in total. The van der Waals surface area contributed by atoms with Gasteiger partial charge in [-0.1, -0.05) is 20.8 Å². The normalized spacial score (nSPS) is 11.7. The van der Waals surface area contributed by atoms with Crippen molar-refractivity contribution in [2.24, 2.45) is 7.05 Å². The van der Waals surface area contributed by atoms with Gasteiger partial charge in [-0.05, 0) is 6.92 Å². The number of hydrogen-bond acceptors (Lipinski definition) is 5. The van der Waals surface area contributed by atoms with Crippen LogP contribution in [0.15, 0.2) is 6.20 Å². The van der Waals surface area contributed by atoms with E-state index in [1.165, 1.54) is 18.4 Å². The maximum atomic E-state index is 11.7. The Labute approximate surface area is 122 Å². The minimum Gasteiger partial charge on any atom is -0.465 e. The summed E-state index contributed by atoms with van der Waals surface area (Å²) in [6.45, 7) is 8.15. The fourth-order valence-corrected chi connectivity index (χ4v) is 2.99. The van der Waals surface area contributed by atoms with Crippen molar-refractivity contribution in [3.63, 3.8) is 0 Å². The molecule has 0 saturated carbocycles. The van der Waals surface area contributed by atoms with Crippen molar-refractivity contribution in [1.82, 2.24) is 14.8 Å². The van der Waals surface area contributed by atoms with Crippen LogP contribution in [-0.4, -0.2) is 27.8 Å². The molecule has 0 radical (unpaired) electrons. The van der Waals surface area contributed by atoms with E-state index in [1.54, 1.807) is 4.68 Å². The van der Waals surface area contributed by atoms with E-state index in [2.05, 4.69) is 30.9 Å². The van der Waals surface area contributed by atoms with E-state index in [-0.39, 0.29) is 11.4 Å². The van der Waals surface area contributed by atoms with E-state index >= 15 is 0 Å². The number of methoxy groups -OCH3 is 1. The van der Waals surface area contributed by atoms with Crippen LogP contribution in [0.25, 0.3) is 10.6 Å². The standard InChI is InChI=1S/C14H19N3O2S/c1-8-10(13(18)19-6)20-12(15-8)9-7-17(5)16-11(9)14(2,3)4/h7H,1-6H3. The molecule has 0 aliphatic rings. The first kappa shape index (κ1) is 14.7. The Morgan fingerprint density at radius 1 is 1.40 bits per heavy atom. The third-order valence-electron chi connectivity index (χ3n) is 2.94. The van der Waals surface area contributed by atoms with Gasteiger partial charge >= 0.3 is 5.97 Å². The van der Waals surface area contributed by atoms with Crippen LogP contribution in [0.2, 0.25) is 0 Å². The van der Waals surface area contributed by atoms with Crippen molar-refractivity contribution in [1.29, 1.82) is 0 Å². The summed E-state index contributed by atoms with van der Waals surface area (Å²) in [6.07, 6.45) is 1.94. The zero-order chi connectivity index (χ0) is 15.1. The lowest BCUT2D eigenvalue weighted by atomic mass is 9.90. The van der Waals surface area contributed by atoms with Gasteiger partial charge in [0.05, 0.1) is 24.1 Å². The highest BCUT2D eigenvalue weighted by molar-refractivity contribution is 7.17. The van der Waals surface area contributed by atoms with E-state index in [1.807, 2.05) is 20.2 Å². The summed E-state index contributed by atoms with van der Waals surface area (Å²) in [6, 6.07) is 0. The van der Waals surface area contributed by atoms with Gasteiger partial charge < -0.3 is 4.74 Å². The van der Waals surface area contributed by atoms with Crippen LogP contribution in [0.1, 0.15) is 41.8 Å². The molecule has 0 fully saturated rings. The SMILES string of the molecule is COC(=O)c1sc(-c2cn(C)nc2C(C)(C)C)nc1C. The Morgan fingerprint density at radius 2 is 2.05 bits per heavy atom. The first-order valence-corrected chi connectivity index (χ1v) is 7.16. The lowest BCUT2D eigenvalue weighted by Crippen LogP contribution is -2.13. The molecule has 2 heterocycles. The number of carbonyl (C=O) groups excluding carboxylic acids is 1. The number of aryl methyl sites for hydroxylation is 2. The number of ether oxygens (including phenoxy) is 1. The molecule has 0 amide bonds. The highest BCUT2D eigenvalue weighted by atomic mass is 32.1. The molecule has 0 atom stereocenters. The van der Waals surface area contributed by atoms with Crippen molar-refractivity contribution in [2.45, 2.75) is 33.1 Å². The maximum Gasteiger partial charge on any atom is 0.349 e. The van der Waals surface area contributed by atoms with Gasteiger partial charge in [0.15, 0.2) is 0 Å². The van der Waals surface area contributed by atoms with Gasteiger partial charge in [-0.2, -0.15) is 5.10 Å². The number of aromatic nitrogens is 3. The first-order chi connectivity index (χ1) is 9.24. The van der Waals surface area contributed by atoms with E-state index in [9.17, 15) is 4.79 Å². The second-order valence-corrected chi connectivity index (χ2v) is 6.74. The Bertz CT molecular complexity index is 650. The minimum atomic E-state index is -0.340. The molecule has 0 spiro atoms. The zero-order valence-electron chi connectivity index (χ0n) is 12.6. The van der Waals surface area contributed by atoms with Crippen LogP contribution in [0, 0.1) is 6.92 Å². The maximum absolute atomic E-state index is 11.7. The fraction of sp³-hybridized carbons (Fsp3) is 0.500. The summed E-state index contributed by atoms with van der Waals surface area (Å²) in [5, 5.41) is 5.34. The second-order valence-electron chi connectivity index (χ2n) is 5.74. The zero-order valence-corrected chi connectivity index (χ0v) is 13.5. The van der Waals surface area contributed by atoms with E-state index in [0.29, 0.717) is 10.6 Å². The third kappa shape index (κ3) is 2.60. The van der Waals surface area contributed by atoms with Crippen LogP contribution >= 0.6 is 11.3 Å². The molecule has 0 aliphatic carbocycles. The molecule has 0 N–H and O–H groups in total. The van der Waals surface area contributed by atoms with E-state index in [0.717, 1.165) is 16.3 Å². The molecule has 0 aromatic carbocycles. The molecular weight excluding hydrogens is 274 g/mol. The number of esters is 1. The van der Waals surface area contributed by atoms with Gasteiger partial charge in [-0.25, -0.2) is 9.78 Å². The van der Waals surface area contributed by atoms with Crippen LogP contribution in [-0.2, 0) is 17.2 Å². The molecule has 6 heteroatoms. The minimum absolute atomic E-state index is 0.0817. The Morgan fingerprint density at radius 3 is 2.60 bits per heavy atom. The van der Waals surface area contributed by atoms with Gasteiger partial charge in [0.1, 0.15) is 9.88 Å². The lowest BCUT2D eigenvalue weighted by molar-refractivity contribution is 0.0605. The summed E-state index contributed by atoms with van der Waals surface area (Å²) in [5.41, 5.74) is 2.57. The van der Waals surface area contributed by atoms with Gasteiger partial charge in [0.2, 0.25) is 0 Å². The Kier molecular flexibility index (Phi) is 3.69. The van der Waals surface area contributed by atoms with Crippen LogP contribution in [0.3, 0.4) is 0 Å². The number of hydrogen-bond donors (Lipinski definition) is 0. The van der Waals surface area contributed by atoms with Crippen molar-refractivity contribution in [2.75, 3.05) is 7.11 Å². The van der Waals surface area contributed by atoms with Gasteiger partial charge in [0.25, 0.3) is 0 Å². The second kappa shape index (κ2) is 5.01. The third-order valence-corrected chi connectivity index (χ3v) is 4.11. The summed E-state index contributed by atoms with van der Waals surface area (Å²) >= 11 is 1.35. The van der Waals surface area contributed by atoms with Crippen LogP contribution < -0.4 is 0 Å². The lowest BCUT2D eigenvalue weighted by Gasteiger charge is -2.16. The van der Waals surface area contributed by atoms with Crippen molar-refractivity contribution >= 4 is 17.3 Å². The monoisotopic (exact) mass is 293 g/mol. The van der Waals surface area contributed by atoms with E-state index in [4.69, 9.17) is 4.74 Å². The Hall–Kier alpha value is -1.69. The molecule has 2 rings (SSSR count). The highest BCUT2D eigenvalue weighted by Gasteiger charge is 2.26. The van der Waals surface area contributed by atoms with Gasteiger partial charge in [-0.15, -0.1) is 11.3 Å². The van der Waals surface area contributed by atoms with Crippen LogP contribution in [0.4, 0.5) is 0 Å². The average molecular weight is 293 g/mol. The smallest absolute Gasteiger partial charge is 0.349 e. The molecule has 0 aliphatic heterocycles. The summed E-state index contributed by atoms with van der Waals surface area (Å²) in [7, 11) is 3.27. The van der Waals surface area contributed by atoms with Crippen LogP contribution in [0.5, 0.6) is 0 Å². The quantitative estimate of drug-likeness (QED) is 0.799. The van der Waals surface area contributed by atoms with Gasteiger partial charge in [0, 0.05) is 18.7 Å². The predicted octanol–water partition coefficient (Wildman–Crippen LogP) is 2.94. The predicted molar refractivity (Wildman–Crippen MR) is 79.1 cm³/mol. The summed E-state index contributed by atoms with van der Waals surface area (Å²) in [5.74, 6) is -0.340. The summed E-state index contributed by atoms with van der Waals surface area (Å²) in [4.78, 5) is 16.7. The molecule has 2 aromatic rings. The van der Waals surface area contributed by atoms with Crippen molar-refractivity contribution in [3.8, 4) is 10.6 Å². The number of thiazole rings is 1. The molecule has 2 aromatic heterocycles. The molecular formula is C14H19N3O2S. The first-order valence-electron chi connectivity index (χ1n) is 6.34. The molecule has 108 valence electrons. The average Bonchev–Trinajstić information content (AvgIpc) is 2.91. The number of carbonyl (C=O) groups is 1. The van der Waals surface area contributed by atoms with Crippen molar-refractivity contribution < 1.29 is 9.53 Å². The largest absolute Gasteiger partial charge is 0.465 e. The van der Waals surface area contributed by atoms with E-state index < -0.39 is 0 Å². The topological polar surface area (TPSA) is 57.0 Å². The molecule has 0 saturated heterocycles. The fourth-order valence-electron chi connectivity index (χ4n) is 1.99. The molecule has 20 heavy (non-hydrogen) atoms. The molecule has 0 unspecified atom stereocenters.